The lowest BCUT2D eigenvalue weighted by molar-refractivity contribution is -0.0523. The first kappa shape index (κ1) is 10.8. The van der Waals surface area contributed by atoms with Crippen molar-refractivity contribution in [1.29, 1.82) is 0 Å². The zero-order valence-corrected chi connectivity index (χ0v) is 11.0. The fraction of sp³-hybridized carbons (Fsp3) is 0.867. The van der Waals surface area contributed by atoms with E-state index in [1.165, 1.54) is 25.7 Å². The first-order valence-corrected chi connectivity index (χ1v) is 6.68. The average Bonchev–Trinajstić information content (AvgIpc) is 2.89. The van der Waals surface area contributed by atoms with Gasteiger partial charge in [-0.3, -0.25) is 0 Å². The fourth-order valence-corrected chi connectivity index (χ4v) is 5.17. The third kappa shape index (κ3) is 0.971. The predicted molar refractivity (Wildman–Crippen MR) is 66.0 cm³/mol. The van der Waals surface area contributed by atoms with E-state index >= 15 is 0 Å². The van der Waals surface area contributed by atoms with Gasteiger partial charge in [0.05, 0.1) is 5.60 Å². The molecule has 0 amide bonds. The van der Waals surface area contributed by atoms with Gasteiger partial charge in [-0.05, 0) is 48.3 Å². The van der Waals surface area contributed by atoms with Gasteiger partial charge in [-0.2, -0.15) is 0 Å². The van der Waals surface area contributed by atoms with E-state index in [2.05, 4.69) is 32.9 Å². The van der Waals surface area contributed by atoms with Crippen LogP contribution in [0.3, 0.4) is 0 Å². The van der Waals surface area contributed by atoms with Crippen molar-refractivity contribution in [2.45, 2.75) is 59.0 Å². The molecule has 0 heterocycles. The summed E-state index contributed by atoms with van der Waals surface area (Å²) in [5.74, 6) is 0.491. The molecule has 2 fully saturated rings. The molecule has 3 rings (SSSR count). The number of aliphatic hydroxyl groups is 1. The van der Waals surface area contributed by atoms with E-state index in [1.807, 2.05) is 6.92 Å². The van der Waals surface area contributed by atoms with Crippen molar-refractivity contribution in [3.63, 3.8) is 0 Å². The number of hydrogen-bond acceptors (Lipinski definition) is 1. The molecule has 90 valence electrons. The number of allylic oxidation sites excluding steroid dienone is 1. The maximum Gasteiger partial charge on any atom is 0.0833 e. The molecular formula is C15H24O. The Balaban J connectivity index is 2.13. The lowest BCUT2D eigenvalue weighted by atomic mass is 9.50. The third-order valence-corrected chi connectivity index (χ3v) is 6.18. The van der Waals surface area contributed by atoms with Crippen LogP contribution in [-0.2, 0) is 0 Å². The average molecular weight is 220 g/mol. The molecule has 3 aliphatic carbocycles. The van der Waals surface area contributed by atoms with Crippen LogP contribution in [-0.4, -0.2) is 10.7 Å². The Labute approximate surface area is 98.9 Å². The third-order valence-electron chi connectivity index (χ3n) is 6.18. The van der Waals surface area contributed by atoms with E-state index < -0.39 is 5.60 Å². The van der Waals surface area contributed by atoms with E-state index in [0.29, 0.717) is 22.2 Å². The van der Waals surface area contributed by atoms with Gasteiger partial charge in [0.25, 0.3) is 0 Å². The lowest BCUT2D eigenvalue weighted by Gasteiger charge is -2.55. The Morgan fingerprint density at radius 3 is 2.44 bits per heavy atom. The molecular weight excluding hydrogens is 196 g/mol. The standard InChI is InChI=1S/C15H24O/c1-12(2)6-5-7-13(3)8-9-14(4,16)11-10-15(11,12)13/h8-9,11,16H,5-7,10H2,1-4H3/t11-,13-,14+,15-/m0/s1. The summed E-state index contributed by atoms with van der Waals surface area (Å²) in [4.78, 5) is 0. The molecule has 0 aromatic carbocycles. The largest absolute Gasteiger partial charge is 0.386 e. The van der Waals surface area contributed by atoms with E-state index in [4.69, 9.17) is 0 Å². The topological polar surface area (TPSA) is 20.2 Å². The molecule has 3 aliphatic rings. The number of rotatable bonds is 0. The lowest BCUT2D eigenvalue weighted by Crippen LogP contribution is -2.49. The molecule has 0 bridgehead atoms. The molecule has 0 unspecified atom stereocenters. The number of hydrogen-bond donors (Lipinski definition) is 1. The Morgan fingerprint density at radius 2 is 1.75 bits per heavy atom. The highest BCUT2D eigenvalue weighted by atomic mass is 16.3. The predicted octanol–water partition coefficient (Wildman–Crippen LogP) is 3.53. The minimum Gasteiger partial charge on any atom is -0.386 e. The van der Waals surface area contributed by atoms with Crippen LogP contribution in [0.4, 0.5) is 0 Å². The Kier molecular flexibility index (Phi) is 1.75. The summed E-state index contributed by atoms with van der Waals surface area (Å²) in [5, 5.41) is 10.5. The van der Waals surface area contributed by atoms with Gasteiger partial charge in [-0.1, -0.05) is 39.3 Å². The summed E-state index contributed by atoms with van der Waals surface area (Å²) < 4.78 is 0. The van der Waals surface area contributed by atoms with Crippen molar-refractivity contribution in [3.8, 4) is 0 Å². The van der Waals surface area contributed by atoms with Crippen LogP contribution in [0.15, 0.2) is 12.2 Å². The second-order valence-electron chi connectivity index (χ2n) is 7.44. The van der Waals surface area contributed by atoms with Crippen LogP contribution >= 0.6 is 0 Å². The second-order valence-corrected chi connectivity index (χ2v) is 7.44. The van der Waals surface area contributed by atoms with Crippen molar-refractivity contribution >= 4 is 0 Å². The van der Waals surface area contributed by atoms with Gasteiger partial charge in [-0.15, -0.1) is 0 Å². The molecule has 2 saturated carbocycles. The van der Waals surface area contributed by atoms with Crippen LogP contribution in [0.1, 0.15) is 53.4 Å². The molecule has 0 saturated heterocycles. The molecule has 0 aromatic rings. The SMILES string of the molecule is CC1(C)CCC[C@@]2(C)C=C[C@@](C)(O)[C@@H]3C[C@]312. The Morgan fingerprint density at radius 1 is 1.06 bits per heavy atom. The van der Waals surface area contributed by atoms with Crippen molar-refractivity contribution in [1.82, 2.24) is 0 Å². The summed E-state index contributed by atoms with van der Waals surface area (Å²) in [6.45, 7) is 9.24. The normalized spacial score (nSPS) is 57.7. The molecule has 1 nitrogen and oxygen atoms in total. The maximum atomic E-state index is 10.5. The maximum absolute atomic E-state index is 10.5. The minimum absolute atomic E-state index is 0.335. The van der Waals surface area contributed by atoms with Crippen LogP contribution in [0, 0.1) is 22.2 Å². The molecule has 4 atom stereocenters. The molecule has 1 heteroatoms. The van der Waals surface area contributed by atoms with Crippen LogP contribution < -0.4 is 0 Å². The highest BCUT2D eigenvalue weighted by Crippen LogP contribution is 2.80. The summed E-state index contributed by atoms with van der Waals surface area (Å²) >= 11 is 0. The monoisotopic (exact) mass is 220 g/mol. The van der Waals surface area contributed by atoms with Crippen molar-refractivity contribution in [2.24, 2.45) is 22.2 Å². The van der Waals surface area contributed by atoms with E-state index in [1.54, 1.807) is 0 Å². The fourth-order valence-electron chi connectivity index (χ4n) is 5.17. The zero-order valence-electron chi connectivity index (χ0n) is 11.0. The smallest absolute Gasteiger partial charge is 0.0833 e. The first-order chi connectivity index (χ1) is 7.25. The molecule has 1 N–H and O–H groups in total. The van der Waals surface area contributed by atoms with Gasteiger partial charge in [-0.25, -0.2) is 0 Å². The molecule has 0 aromatic heterocycles. The minimum atomic E-state index is -0.561. The van der Waals surface area contributed by atoms with Gasteiger partial charge >= 0.3 is 0 Å². The van der Waals surface area contributed by atoms with Crippen molar-refractivity contribution in [2.75, 3.05) is 0 Å². The molecule has 16 heavy (non-hydrogen) atoms. The Bertz CT molecular complexity index is 366. The molecule has 1 spiro atoms. The van der Waals surface area contributed by atoms with Crippen LogP contribution in [0.25, 0.3) is 0 Å². The first-order valence-electron chi connectivity index (χ1n) is 6.68. The van der Waals surface area contributed by atoms with Gasteiger partial charge in [0.15, 0.2) is 0 Å². The van der Waals surface area contributed by atoms with E-state index in [0.717, 1.165) is 0 Å². The van der Waals surface area contributed by atoms with Gasteiger partial charge in [0.2, 0.25) is 0 Å². The quantitative estimate of drug-likeness (QED) is 0.619. The van der Waals surface area contributed by atoms with E-state index in [9.17, 15) is 5.11 Å². The molecule has 0 aliphatic heterocycles. The van der Waals surface area contributed by atoms with Gasteiger partial charge < -0.3 is 5.11 Å². The zero-order chi connectivity index (χ0) is 11.8. The van der Waals surface area contributed by atoms with Crippen molar-refractivity contribution in [3.05, 3.63) is 12.2 Å². The Hall–Kier alpha value is -0.300. The highest BCUT2D eigenvalue weighted by Gasteiger charge is 2.75. The van der Waals surface area contributed by atoms with Gasteiger partial charge in [0, 0.05) is 0 Å². The highest BCUT2D eigenvalue weighted by molar-refractivity contribution is 5.34. The van der Waals surface area contributed by atoms with Crippen LogP contribution in [0.5, 0.6) is 0 Å². The molecule has 0 radical (unpaired) electrons. The van der Waals surface area contributed by atoms with Crippen molar-refractivity contribution < 1.29 is 5.11 Å². The van der Waals surface area contributed by atoms with E-state index in [-0.39, 0.29) is 0 Å². The summed E-state index contributed by atoms with van der Waals surface area (Å²) in [6.07, 6.45) is 9.59. The van der Waals surface area contributed by atoms with Crippen LogP contribution in [0.2, 0.25) is 0 Å². The summed E-state index contributed by atoms with van der Waals surface area (Å²) in [6, 6.07) is 0. The summed E-state index contributed by atoms with van der Waals surface area (Å²) in [5.41, 5.74) is 0.533. The van der Waals surface area contributed by atoms with Gasteiger partial charge in [0.1, 0.15) is 0 Å². The second kappa shape index (κ2) is 2.58. The summed E-state index contributed by atoms with van der Waals surface area (Å²) in [7, 11) is 0.